The number of esters is 1. The predicted octanol–water partition coefficient (Wildman–Crippen LogP) is 9.88. The van der Waals surface area contributed by atoms with E-state index >= 15 is 0 Å². The molecule has 1 aromatic heterocycles. The van der Waals surface area contributed by atoms with Gasteiger partial charge in [0.15, 0.2) is 6.23 Å². The first kappa shape index (κ1) is 44.7. The number of aromatic nitrogens is 1. The molecule has 1 N–H and O–H groups in total. The molecule has 0 radical (unpaired) electrons. The van der Waals surface area contributed by atoms with E-state index < -0.39 is 30.6 Å². The van der Waals surface area contributed by atoms with Crippen LogP contribution in [0.3, 0.4) is 0 Å². The molecule has 1 aliphatic heterocycles. The molecule has 0 spiro atoms. The average Bonchev–Trinajstić information content (AvgIpc) is 3.71. The Morgan fingerprint density at radius 3 is 1.70 bits per heavy atom. The normalized spacial score (nSPS) is 18.6. The van der Waals surface area contributed by atoms with Crippen LogP contribution in [0.1, 0.15) is 57.2 Å². The molecular weight excluding hydrogens is 803 g/mol. The third-order valence-corrected chi connectivity index (χ3v) is 11.7. The van der Waals surface area contributed by atoms with E-state index in [1.807, 2.05) is 72.8 Å². The Labute approximate surface area is 376 Å². The highest BCUT2D eigenvalue weighted by Gasteiger charge is 2.49. The number of hydrogen-bond donors (Lipinski definition) is 1. The first-order chi connectivity index (χ1) is 31.5. The number of ether oxygens (including phenoxy) is 6. The van der Waals surface area contributed by atoms with Gasteiger partial charge in [0.25, 0.3) is 0 Å². The summed E-state index contributed by atoms with van der Waals surface area (Å²) in [4.78, 5) is 12.1. The van der Waals surface area contributed by atoms with E-state index in [1.165, 1.54) is 0 Å². The van der Waals surface area contributed by atoms with Gasteiger partial charge in [0.05, 0.1) is 45.2 Å². The number of aliphatic hydroxyl groups excluding tert-OH is 1. The van der Waals surface area contributed by atoms with Gasteiger partial charge in [0.1, 0.15) is 31.0 Å². The van der Waals surface area contributed by atoms with Crippen LogP contribution in [0.4, 0.5) is 0 Å². The van der Waals surface area contributed by atoms with Crippen LogP contribution in [-0.2, 0) is 72.5 Å². The fourth-order valence-electron chi connectivity index (χ4n) is 8.44. The molecule has 8 rings (SSSR count). The van der Waals surface area contributed by atoms with Gasteiger partial charge in [-0.05, 0) is 70.3 Å². The lowest BCUT2D eigenvalue weighted by Gasteiger charge is -2.46. The molecule has 2 heterocycles. The van der Waals surface area contributed by atoms with Crippen molar-refractivity contribution in [1.82, 2.24) is 4.57 Å². The molecule has 0 bridgehead atoms. The quantitative estimate of drug-likeness (QED) is 0.0714. The fraction of sp³-hybridized carbons (Fsp3) is 0.291. The van der Waals surface area contributed by atoms with Crippen LogP contribution in [0, 0.1) is 6.92 Å². The number of aryl methyl sites for hydroxylation is 2. The minimum atomic E-state index is -0.627. The smallest absolute Gasteiger partial charge is 0.306 e. The molecule has 0 amide bonds. The van der Waals surface area contributed by atoms with Crippen LogP contribution in [0.5, 0.6) is 0 Å². The average molecular weight is 860 g/mol. The molecular formula is C55H57NO8. The third kappa shape index (κ3) is 11.8. The maximum atomic E-state index is 12.1. The highest BCUT2D eigenvalue weighted by atomic mass is 16.6. The molecule has 9 nitrogen and oxygen atoms in total. The van der Waals surface area contributed by atoms with E-state index in [1.54, 1.807) is 0 Å². The first-order valence-corrected chi connectivity index (χ1v) is 22.2. The van der Waals surface area contributed by atoms with Crippen molar-refractivity contribution in [3.63, 3.8) is 0 Å². The van der Waals surface area contributed by atoms with Crippen LogP contribution < -0.4 is 0 Å². The summed E-state index contributed by atoms with van der Waals surface area (Å²) in [6.45, 7) is 3.72. The Morgan fingerprint density at radius 1 is 0.594 bits per heavy atom. The second-order valence-corrected chi connectivity index (χ2v) is 16.3. The van der Waals surface area contributed by atoms with Crippen LogP contribution in [0.15, 0.2) is 170 Å². The summed E-state index contributed by atoms with van der Waals surface area (Å²) < 4.78 is 42.3. The van der Waals surface area contributed by atoms with Crippen molar-refractivity contribution in [2.45, 2.75) is 83.3 Å². The SMILES string of the molecule is Cc1cccc2c1c(Cc1ccc(CCC(=O)OCCO)cc1)cn2[C@@H]1O[C@H](COCc2ccccc2)[C@@H](OCc2ccccc2)[C@H](OCc2ccccc2)[C@H]1OCc1ccccc1. The van der Waals surface area contributed by atoms with Gasteiger partial charge in [0.2, 0.25) is 0 Å². The largest absolute Gasteiger partial charge is 0.463 e. The number of hydrogen-bond acceptors (Lipinski definition) is 8. The summed E-state index contributed by atoms with van der Waals surface area (Å²) in [6, 6.07) is 55.6. The molecule has 6 aromatic carbocycles. The zero-order valence-corrected chi connectivity index (χ0v) is 36.4. The second-order valence-electron chi connectivity index (χ2n) is 16.3. The van der Waals surface area contributed by atoms with E-state index in [4.69, 9.17) is 33.5 Å². The van der Waals surface area contributed by atoms with Crippen LogP contribution in [-0.4, -0.2) is 59.9 Å². The summed E-state index contributed by atoms with van der Waals surface area (Å²) in [5, 5.41) is 10.2. The minimum absolute atomic E-state index is 0.0171. The van der Waals surface area contributed by atoms with Crippen molar-refractivity contribution in [1.29, 1.82) is 0 Å². The lowest BCUT2D eigenvalue weighted by molar-refractivity contribution is -0.289. The molecule has 1 saturated heterocycles. The lowest BCUT2D eigenvalue weighted by atomic mass is 9.96. The lowest BCUT2D eigenvalue weighted by Crippen LogP contribution is -2.59. The van der Waals surface area contributed by atoms with Crippen molar-refractivity contribution in [2.75, 3.05) is 19.8 Å². The number of carbonyl (C=O) groups is 1. The summed E-state index contributed by atoms with van der Waals surface area (Å²) in [5.74, 6) is -0.316. The number of benzene rings is 6. The summed E-state index contributed by atoms with van der Waals surface area (Å²) in [5.41, 5.74) is 9.72. The molecule has 0 aliphatic carbocycles. The molecule has 0 unspecified atom stereocenters. The summed E-state index contributed by atoms with van der Waals surface area (Å²) in [7, 11) is 0. The van der Waals surface area contributed by atoms with Crippen LogP contribution in [0.25, 0.3) is 10.9 Å². The maximum absolute atomic E-state index is 12.1. The monoisotopic (exact) mass is 859 g/mol. The first-order valence-electron chi connectivity index (χ1n) is 22.2. The van der Waals surface area contributed by atoms with Gasteiger partial charge in [-0.15, -0.1) is 0 Å². The molecule has 330 valence electrons. The Kier molecular flexibility index (Phi) is 15.8. The molecule has 7 aromatic rings. The van der Waals surface area contributed by atoms with E-state index in [9.17, 15) is 4.79 Å². The van der Waals surface area contributed by atoms with E-state index in [0.717, 1.165) is 55.4 Å². The zero-order chi connectivity index (χ0) is 43.9. The van der Waals surface area contributed by atoms with Crippen LogP contribution >= 0.6 is 0 Å². The van der Waals surface area contributed by atoms with Gasteiger partial charge in [-0.3, -0.25) is 4.79 Å². The van der Waals surface area contributed by atoms with E-state index in [2.05, 4.69) is 109 Å². The number of rotatable bonds is 21. The van der Waals surface area contributed by atoms with E-state index in [-0.39, 0.29) is 32.2 Å². The summed E-state index contributed by atoms with van der Waals surface area (Å²) >= 11 is 0. The Morgan fingerprint density at radius 2 is 1.12 bits per heavy atom. The van der Waals surface area contributed by atoms with Crippen molar-refractivity contribution < 1.29 is 38.3 Å². The van der Waals surface area contributed by atoms with Crippen molar-refractivity contribution in [3.8, 4) is 0 Å². The van der Waals surface area contributed by atoms with Gasteiger partial charge >= 0.3 is 5.97 Å². The maximum Gasteiger partial charge on any atom is 0.306 e. The van der Waals surface area contributed by atoms with Gasteiger partial charge in [-0.2, -0.15) is 0 Å². The predicted molar refractivity (Wildman–Crippen MR) is 247 cm³/mol. The molecule has 1 fully saturated rings. The number of aliphatic hydroxyl groups is 1. The van der Waals surface area contributed by atoms with Crippen molar-refractivity contribution >= 4 is 16.9 Å². The Bertz CT molecular complexity index is 2480. The van der Waals surface area contributed by atoms with Gasteiger partial charge in [-0.1, -0.05) is 158 Å². The van der Waals surface area contributed by atoms with Gasteiger partial charge in [0, 0.05) is 18.0 Å². The molecule has 1 aliphatic rings. The highest BCUT2D eigenvalue weighted by Crippen LogP contribution is 2.39. The topological polar surface area (TPSA) is 97.6 Å². The molecule has 0 saturated carbocycles. The standard InChI is InChI=1S/C55H57NO8/c1-40-15-14-24-48-51(40)47(33-42-27-25-41(26-28-42)29-30-50(58)60-32-31-57)34-56(48)55-54(63-38-46-22-12-5-13-23-46)53(62-37-45-20-10-4-11-21-45)52(61-36-44-18-8-3-9-19-44)49(64-55)39-59-35-43-16-6-2-7-17-43/h2-28,34,49,52-55,57H,29-33,35-39H2,1H3/t49-,52-,53+,54-,55-/m1/s1. The molecule has 5 atom stereocenters. The van der Waals surface area contributed by atoms with Crippen molar-refractivity contribution in [3.05, 3.63) is 214 Å². The zero-order valence-electron chi connectivity index (χ0n) is 36.4. The molecule has 64 heavy (non-hydrogen) atoms. The van der Waals surface area contributed by atoms with Gasteiger partial charge < -0.3 is 38.1 Å². The number of carbonyl (C=O) groups excluding carboxylic acids is 1. The number of fused-ring (bicyclic) bond motifs is 1. The second kappa shape index (κ2) is 22.6. The Hall–Kier alpha value is -5.91. The summed E-state index contributed by atoms with van der Waals surface area (Å²) in [6.07, 6.45) is 0.808. The minimum Gasteiger partial charge on any atom is -0.463 e. The number of nitrogens with zero attached hydrogens (tertiary/aromatic N) is 1. The fourth-order valence-corrected chi connectivity index (χ4v) is 8.44. The van der Waals surface area contributed by atoms with E-state index in [0.29, 0.717) is 39.3 Å². The Balaban J connectivity index is 1.16. The third-order valence-electron chi connectivity index (χ3n) is 11.7. The van der Waals surface area contributed by atoms with Crippen molar-refractivity contribution in [2.24, 2.45) is 0 Å². The van der Waals surface area contributed by atoms with Crippen LogP contribution in [0.2, 0.25) is 0 Å². The van der Waals surface area contributed by atoms with Gasteiger partial charge in [-0.25, -0.2) is 0 Å². The molecule has 9 heteroatoms. The highest BCUT2D eigenvalue weighted by molar-refractivity contribution is 5.87.